The van der Waals surface area contributed by atoms with Crippen LogP contribution in [0.5, 0.6) is 0 Å². The van der Waals surface area contributed by atoms with E-state index in [0.29, 0.717) is 23.3 Å². The summed E-state index contributed by atoms with van der Waals surface area (Å²) in [4.78, 5) is 32.3. The molecule has 0 aliphatic heterocycles. The molecule has 6 nitrogen and oxygen atoms in total. The lowest BCUT2D eigenvalue weighted by molar-refractivity contribution is -0.145. The van der Waals surface area contributed by atoms with Gasteiger partial charge in [-0.15, -0.1) is 0 Å². The minimum atomic E-state index is -0.347. The average Bonchev–Trinajstić information content (AvgIpc) is 2.78. The van der Waals surface area contributed by atoms with Gasteiger partial charge >= 0.3 is 17.9 Å². The Bertz CT molecular complexity index is 773. The Morgan fingerprint density at radius 1 is 0.812 bits per heavy atom. The number of ether oxygens (including phenoxy) is 3. The van der Waals surface area contributed by atoms with Crippen LogP contribution in [0.4, 0.5) is 0 Å². The first-order valence-corrected chi connectivity index (χ1v) is 10.5. The fourth-order valence-corrected chi connectivity index (χ4v) is 2.46. The maximum Gasteiger partial charge on any atom is 0.333 e. The van der Waals surface area contributed by atoms with E-state index in [2.05, 4.69) is 24.5 Å². The van der Waals surface area contributed by atoms with Crippen molar-refractivity contribution in [1.82, 2.24) is 0 Å². The maximum atomic E-state index is 11.1. The number of carbonyl (C=O) groups is 3. The molecule has 1 fully saturated rings. The summed E-state index contributed by atoms with van der Waals surface area (Å²) in [6.07, 6.45) is 5.87. The van der Waals surface area contributed by atoms with Gasteiger partial charge in [0.1, 0.15) is 12.7 Å². The minimum Gasteiger partial charge on any atom is -0.466 e. The van der Waals surface area contributed by atoms with Crippen LogP contribution in [0.15, 0.2) is 66.8 Å². The molecular weight excluding hydrogens is 408 g/mol. The van der Waals surface area contributed by atoms with Crippen molar-refractivity contribution in [2.45, 2.75) is 65.6 Å². The molecule has 32 heavy (non-hydrogen) atoms. The lowest BCUT2D eigenvalue weighted by atomic mass is 9.98. The van der Waals surface area contributed by atoms with Crippen LogP contribution in [-0.4, -0.2) is 31.1 Å². The van der Waals surface area contributed by atoms with Gasteiger partial charge in [0.15, 0.2) is 0 Å². The molecule has 1 aromatic rings. The summed E-state index contributed by atoms with van der Waals surface area (Å²) in [5.41, 5.74) is 2.34. The molecule has 0 amide bonds. The number of methoxy groups -OCH3 is 1. The van der Waals surface area contributed by atoms with Gasteiger partial charge in [0.05, 0.1) is 7.11 Å². The van der Waals surface area contributed by atoms with Gasteiger partial charge in [0.2, 0.25) is 0 Å². The zero-order valence-electron chi connectivity index (χ0n) is 19.8. The van der Waals surface area contributed by atoms with Crippen molar-refractivity contribution >= 4 is 17.9 Å². The Labute approximate surface area is 191 Å². The number of carbonyl (C=O) groups excluding carboxylic acids is 3. The van der Waals surface area contributed by atoms with Crippen LogP contribution in [0.1, 0.15) is 58.4 Å². The molecule has 2 rings (SSSR count). The monoisotopic (exact) mass is 444 g/mol. The van der Waals surface area contributed by atoms with Gasteiger partial charge in [-0.25, -0.2) is 14.4 Å². The van der Waals surface area contributed by atoms with E-state index in [9.17, 15) is 14.4 Å². The first kappa shape index (κ1) is 28.9. The maximum absolute atomic E-state index is 11.1. The molecule has 0 atom stereocenters. The van der Waals surface area contributed by atoms with Crippen molar-refractivity contribution < 1.29 is 28.6 Å². The number of hydrogen-bond donors (Lipinski definition) is 0. The second kappa shape index (κ2) is 16.5. The number of rotatable bonds is 6. The molecule has 0 unspecified atom stereocenters. The van der Waals surface area contributed by atoms with E-state index in [1.807, 2.05) is 30.3 Å². The highest BCUT2D eigenvalue weighted by Crippen LogP contribution is 2.20. The van der Waals surface area contributed by atoms with Gasteiger partial charge in [-0.2, -0.15) is 0 Å². The molecule has 0 spiro atoms. The second-order valence-electron chi connectivity index (χ2n) is 7.56. The highest BCUT2D eigenvalue weighted by molar-refractivity contribution is 5.87. The van der Waals surface area contributed by atoms with Crippen molar-refractivity contribution in [3.63, 3.8) is 0 Å². The standard InChI is InChI=1S/C11H12O2.C10H16O2.C5H8O2/c1-9(2)11(12)13-8-10-6-4-3-5-7-10;1-8(2)10(11)12-9-6-4-3-5-7-9;1-4(2)5(6)7-3/h3-7H,1,8H2,2H3;9H,1,3-7H2,2H3;1H2,2-3H3. The number of esters is 3. The molecule has 1 aliphatic rings. The summed E-state index contributed by atoms with van der Waals surface area (Å²) in [7, 11) is 1.33. The van der Waals surface area contributed by atoms with Crippen LogP contribution in [-0.2, 0) is 35.2 Å². The van der Waals surface area contributed by atoms with Crippen molar-refractivity contribution in [3.05, 3.63) is 72.4 Å². The lowest BCUT2D eigenvalue weighted by Crippen LogP contribution is -2.20. The first-order chi connectivity index (χ1) is 15.1. The molecule has 0 aromatic heterocycles. The molecule has 0 N–H and O–H groups in total. The highest BCUT2D eigenvalue weighted by atomic mass is 16.5. The highest BCUT2D eigenvalue weighted by Gasteiger charge is 2.17. The van der Waals surface area contributed by atoms with E-state index in [-0.39, 0.29) is 24.0 Å². The van der Waals surface area contributed by atoms with Crippen LogP contribution in [0.25, 0.3) is 0 Å². The predicted octanol–water partition coefficient (Wildman–Crippen LogP) is 5.48. The van der Waals surface area contributed by atoms with Crippen molar-refractivity contribution in [3.8, 4) is 0 Å². The Morgan fingerprint density at radius 2 is 1.31 bits per heavy atom. The Kier molecular flexibility index (Phi) is 14.9. The Hall–Kier alpha value is -3.15. The SMILES string of the molecule is C=C(C)C(=O)OC.C=C(C)C(=O)OC1CCCCC1.C=C(C)C(=O)OCc1ccccc1. The van der Waals surface area contributed by atoms with Crippen molar-refractivity contribution in [2.75, 3.05) is 7.11 Å². The van der Waals surface area contributed by atoms with Crippen LogP contribution >= 0.6 is 0 Å². The summed E-state index contributed by atoms with van der Waals surface area (Å²) in [6.45, 7) is 15.6. The molecule has 0 heterocycles. The molecule has 176 valence electrons. The lowest BCUT2D eigenvalue weighted by Gasteiger charge is -2.21. The zero-order valence-corrected chi connectivity index (χ0v) is 19.8. The minimum absolute atomic E-state index is 0.156. The normalized spacial score (nSPS) is 12.5. The van der Waals surface area contributed by atoms with Crippen LogP contribution in [0.2, 0.25) is 0 Å². The number of benzene rings is 1. The van der Waals surface area contributed by atoms with Gasteiger partial charge in [0.25, 0.3) is 0 Å². The van der Waals surface area contributed by atoms with Crippen LogP contribution in [0, 0.1) is 0 Å². The summed E-state index contributed by atoms with van der Waals surface area (Å²) >= 11 is 0. The van der Waals surface area contributed by atoms with E-state index in [1.54, 1.807) is 20.8 Å². The molecule has 0 saturated heterocycles. The summed E-state index contributed by atoms with van der Waals surface area (Å²) in [5.74, 6) is -0.925. The van der Waals surface area contributed by atoms with Crippen LogP contribution < -0.4 is 0 Å². The molecule has 6 heteroatoms. The van der Waals surface area contributed by atoms with Crippen LogP contribution in [0.3, 0.4) is 0 Å². The van der Waals surface area contributed by atoms with E-state index < -0.39 is 0 Å². The van der Waals surface area contributed by atoms with E-state index >= 15 is 0 Å². The topological polar surface area (TPSA) is 78.9 Å². The fraction of sp³-hybridized carbons (Fsp3) is 0.423. The second-order valence-corrected chi connectivity index (χ2v) is 7.56. The number of hydrogen-bond acceptors (Lipinski definition) is 6. The predicted molar refractivity (Wildman–Crippen MR) is 126 cm³/mol. The van der Waals surface area contributed by atoms with E-state index in [1.165, 1.54) is 26.4 Å². The van der Waals surface area contributed by atoms with E-state index in [0.717, 1.165) is 18.4 Å². The summed E-state index contributed by atoms with van der Waals surface area (Å²) in [6, 6.07) is 9.55. The molecule has 0 radical (unpaired) electrons. The largest absolute Gasteiger partial charge is 0.466 e. The molecule has 1 aromatic carbocycles. The molecule has 1 aliphatic carbocycles. The summed E-state index contributed by atoms with van der Waals surface area (Å²) < 4.78 is 14.4. The Morgan fingerprint density at radius 3 is 1.72 bits per heavy atom. The molecule has 0 bridgehead atoms. The average molecular weight is 445 g/mol. The quantitative estimate of drug-likeness (QED) is 0.328. The molecular formula is C26H36O6. The van der Waals surface area contributed by atoms with Gasteiger partial charge in [-0.3, -0.25) is 0 Å². The third kappa shape index (κ3) is 14.0. The van der Waals surface area contributed by atoms with Gasteiger partial charge < -0.3 is 14.2 Å². The van der Waals surface area contributed by atoms with Crippen molar-refractivity contribution in [2.24, 2.45) is 0 Å². The third-order valence-corrected chi connectivity index (χ3v) is 4.27. The smallest absolute Gasteiger partial charge is 0.333 e. The van der Waals surface area contributed by atoms with Gasteiger partial charge in [0, 0.05) is 16.7 Å². The third-order valence-electron chi connectivity index (χ3n) is 4.27. The zero-order chi connectivity index (χ0) is 24.5. The Balaban J connectivity index is 0.000000473. The van der Waals surface area contributed by atoms with Gasteiger partial charge in [-0.1, -0.05) is 56.5 Å². The van der Waals surface area contributed by atoms with Crippen molar-refractivity contribution in [1.29, 1.82) is 0 Å². The summed E-state index contributed by atoms with van der Waals surface area (Å²) in [5, 5.41) is 0. The fourth-order valence-electron chi connectivity index (χ4n) is 2.46. The van der Waals surface area contributed by atoms with E-state index in [4.69, 9.17) is 9.47 Å². The van der Waals surface area contributed by atoms with Gasteiger partial charge in [-0.05, 0) is 52.0 Å². The first-order valence-electron chi connectivity index (χ1n) is 10.5. The molecule has 1 saturated carbocycles.